The molecule has 0 aromatic heterocycles. The summed E-state index contributed by atoms with van der Waals surface area (Å²) in [7, 11) is 0. The first-order valence-corrected chi connectivity index (χ1v) is 10.1. The molecular weight excluding hydrogens is 404 g/mol. The number of esters is 1. The molecule has 0 unspecified atom stereocenters. The molecule has 0 spiro atoms. The number of alkyl carbamates (subject to hydrolysis) is 2. The summed E-state index contributed by atoms with van der Waals surface area (Å²) in [4.78, 5) is 43.6. The molecule has 0 aliphatic carbocycles. The van der Waals surface area contributed by atoms with E-state index in [2.05, 4.69) is 23.8 Å². The Hall–Kier alpha value is -2.24. The molecule has 0 radical (unpaired) electrons. The Balaban J connectivity index is 3.39. The largest absolute Gasteiger partial charge is 0.460 e. The van der Waals surface area contributed by atoms with Crippen LogP contribution in [0.25, 0.3) is 0 Å². The Morgan fingerprint density at radius 3 is 1.86 bits per heavy atom. The monoisotopic (exact) mass is 434 g/mol. The van der Waals surface area contributed by atoms with E-state index in [-0.39, 0.29) is 39.5 Å². The maximum absolute atomic E-state index is 11.4. The van der Waals surface area contributed by atoms with E-state index in [0.29, 0.717) is 23.7 Å². The predicted octanol–water partition coefficient (Wildman–Crippen LogP) is 1.82. The van der Waals surface area contributed by atoms with E-state index < -0.39 is 18.2 Å². The van der Waals surface area contributed by atoms with Crippen molar-refractivity contribution in [2.45, 2.75) is 13.8 Å². The summed E-state index contributed by atoms with van der Waals surface area (Å²) in [5, 5.41) is 4.97. The van der Waals surface area contributed by atoms with E-state index in [4.69, 9.17) is 24.0 Å². The van der Waals surface area contributed by atoms with Crippen LogP contribution in [0.5, 0.6) is 0 Å². The lowest BCUT2D eigenvalue weighted by atomic mass is 10.4. The number of rotatable bonds is 16. The molecule has 166 valence electrons. The molecule has 0 fully saturated rings. The molecule has 29 heavy (non-hydrogen) atoms. The lowest BCUT2D eigenvalue weighted by Crippen LogP contribution is -2.29. The van der Waals surface area contributed by atoms with Crippen LogP contribution in [0.4, 0.5) is 9.59 Å². The molecule has 0 bridgehead atoms. The lowest BCUT2D eigenvalue weighted by Gasteiger charge is -2.08. The van der Waals surface area contributed by atoms with Crippen LogP contribution in [0.3, 0.4) is 0 Å². The Labute approximate surface area is 175 Å². The maximum Gasteiger partial charge on any atom is 0.407 e. The highest BCUT2D eigenvalue weighted by atomic mass is 32.2. The first-order chi connectivity index (χ1) is 13.8. The van der Waals surface area contributed by atoms with Crippen LogP contribution in [0.2, 0.25) is 0 Å². The minimum atomic E-state index is -0.595. The second-order valence-electron chi connectivity index (χ2n) is 5.70. The van der Waals surface area contributed by atoms with Gasteiger partial charge in [0.25, 0.3) is 0 Å². The number of ether oxygens (including phenoxy) is 3. The van der Waals surface area contributed by atoms with E-state index in [1.54, 1.807) is 0 Å². The van der Waals surface area contributed by atoms with E-state index in [1.165, 1.54) is 18.7 Å². The van der Waals surface area contributed by atoms with Crippen LogP contribution in [-0.2, 0) is 28.8 Å². The highest BCUT2D eigenvalue weighted by molar-refractivity contribution is 7.99. The van der Waals surface area contributed by atoms with Gasteiger partial charge in [0.1, 0.15) is 26.4 Å². The molecule has 0 saturated carbocycles. The van der Waals surface area contributed by atoms with Gasteiger partial charge < -0.3 is 24.8 Å². The quantitative estimate of drug-likeness (QED) is 0.0712. The van der Waals surface area contributed by atoms with E-state index >= 15 is 0 Å². The number of carbonyl (C=O) groups is 3. The number of hydrogen-bond acceptors (Lipinski definition) is 9. The summed E-state index contributed by atoms with van der Waals surface area (Å²) < 4.78 is 14.7. The van der Waals surface area contributed by atoms with Crippen molar-refractivity contribution < 1.29 is 38.4 Å². The van der Waals surface area contributed by atoms with Crippen LogP contribution in [0.1, 0.15) is 13.8 Å². The molecule has 2 N–H and O–H groups in total. The van der Waals surface area contributed by atoms with Crippen LogP contribution >= 0.6 is 11.8 Å². The van der Waals surface area contributed by atoms with Crippen molar-refractivity contribution >= 4 is 29.9 Å². The third-order valence-corrected chi connectivity index (χ3v) is 3.63. The molecule has 0 saturated heterocycles. The average molecular weight is 435 g/mol. The normalized spacial score (nSPS) is 10.0. The van der Waals surface area contributed by atoms with Crippen LogP contribution < -0.4 is 10.6 Å². The summed E-state index contributed by atoms with van der Waals surface area (Å²) in [6, 6.07) is 0. The van der Waals surface area contributed by atoms with Gasteiger partial charge >= 0.3 is 18.2 Å². The maximum atomic E-state index is 11.4. The molecule has 0 aliphatic rings. The van der Waals surface area contributed by atoms with Crippen LogP contribution in [0.15, 0.2) is 24.3 Å². The molecule has 0 rings (SSSR count). The number of carbonyl (C=O) groups excluding carboxylic acids is 3. The van der Waals surface area contributed by atoms with Gasteiger partial charge in [0.2, 0.25) is 0 Å². The first kappa shape index (κ1) is 26.8. The van der Waals surface area contributed by atoms with Gasteiger partial charge in [0, 0.05) is 23.6 Å². The number of amides is 2. The van der Waals surface area contributed by atoms with Crippen LogP contribution in [0, 0.1) is 0 Å². The molecule has 0 heterocycles. The number of thioether (sulfide) groups is 1. The zero-order valence-corrected chi connectivity index (χ0v) is 17.8. The topological polar surface area (TPSA) is 121 Å². The molecule has 0 aromatic rings. The predicted molar refractivity (Wildman–Crippen MR) is 109 cm³/mol. The van der Waals surface area contributed by atoms with Gasteiger partial charge in [-0.05, 0) is 13.8 Å². The van der Waals surface area contributed by atoms with E-state index in [0.717, 1.165) is 5.57 Å². The van der Waals surface area contributed by atoms with Gasteiger partial charge in [-0.2, -0.15) is 11.8 Å². The van der Waals surface area contributed by atoms with Gasteiger partial charge in [-0.25, -0.2) is 24.2 Å². The summed E-state index contributed by atoms with van der Waals surface area (Å²) in [5.74, 6) is 0.609. The summed E-state index contributed by atoms with van der Waals surface area (Å²) >= 11 is 1.47. The fourth-order valence-corrected chi connectivity index (χ4v) is 2.01. The summed E-state index contributed by atoms with van der Waals surface area (Å²) in [5.41, 5.74) is 1.13. The van der Waals surface area contributed by atoms with Gasteiger partial charge in [0.15, 0.2) is 0 Å². The second kappa shape index (κ2) is 17.8. The summed E-state index contributed by atoms with van der Waals surface area (Å²) in [6.07, 6.45) is -1.14. The van der Waals surface area contributed by atoms with Crippen molar-refractivity contribution in [2.24, 2.45) is 0 Å². The first-order valence-electron chi connectivity index (χ1n) is 8.93. The third-order valence-electron chi connectivity index (χ3n) is 2.72. The van der Waals surface area contributed by atoms with Crippen molar-refractivity contribution in [3.63, 3.8) is 0 Å². The van der Waals surface area contributed by atoms with Gasteiger partial charge in [-0.3, -0.25) is 0 Å². The van der Waals surface area contributed by atoms with Gasteiger partial charge in [-0.15, -0.1) is 0 Å². The Kier molecular flexibility index (Phi) is 16.5. The SMILES string of the molecule is C=C(C)COOCCNC(=O)OCCSCCOC(=O)NCCOC(=O)C(=C)C. The van der Waals surface area contributed by atoms with Crippen LogP contribution in [-0.4, -0.2) is 75.8 Å². The highest BCUT2D eigenvalue weighted by Crippen LogP contribution is 1.99. The van der Waals surface area contributed by atoms with Gasteiger partial charge in [-0.1, -0.05) is 18.7 Å². The lowest BCUT2D eigenvalue weighted by molar-refractivity contribution is -0.286. The van der Waals surface area contributed by atoms with Crippen molar-refractivity contribution in [3.8, 4) is 0 Å². The Morgan fingerprint density at radius 1 is 0.793 bits per heavy atom. The average Bonchev–Trinajstić information content (AvgIpc) is 2.66. The molecule has 0 aliphatic heterocycles. The third kappa shape index (κ3) is 18.9. The van der Waals surface area contributed by atoms with Crippen molar-refractivity contribution in [3.05, 3.63) is 24.3 Å². The van der Waals surface area contributed by atoms with Crippen molar-refractivity contribution in [1.29, 1.82) is 0 Å². The summed E-state index contributed by atoms with van der Waals surface area (Å²) in [6.45, 7) is 11.8. The highest BCUT2D eigenvalue weighted by Gasteiger charge is 2.05. The minimum Gasteiger partial charge on any atom is -0.460 e. The minimum absolute atomic E-state index is 0.0442. The fourth-order valence-electron chi connectivity index (χ4n) is 1.41. The van der Waals surface area contributed by atoms with E-state index in [9.17, 15) is 14.4 Å². The number of hydrogen-bond donors (Lipinski definition) is 2. The van der Waals surface area contributed by atoms with Crippen molar-refractivity contribution in [2.75, 3.05) is 57.6 Å². The Morgan fingerprint density at radius 2 is 1.34 bits per heavy atom. The number of nitrogens with one attached hydrogen (secondary N) is 2. The standard InChI is InChI=1S/C18H30N2O8S/c1-14(2)13-28-27-8-6-20-18(23)26-10-12-29-11-9-25-17(22)19-5-7-24-16(21)15(3)4/h1,3,5-13H2,2,4H3,(H,19,22)(H,20,23). The fraction of sp³-hybridized carbons (Fsp3) is 0.611. The molecular formula is C18H30N2O8S. The molecule has 0 aromatic carbocycles. The van der Waals surface area contributed by atoms with E-state index in [1.807, 2.05) is 6.92 Å². The zero-order valence-electron chi connectivity index (χ0n) is 17.0. The Bertz CT molecular complexity index is 542. The molecule has 10 nitrogen and oxygen atoms in total. The smallest absolute Gasteiger partial charge is 0.407 e. The molecule has 11 heteroatoms. The molecule has 2 amide bonds. The van der Waals surface area contributed by atoms with Gasteiger partial charge in [0.05, 0.1) is 13.2 Å². The zero-order chi connectivity index (χ0) is 21.9. The van der Waals surface area contributed by atoms with Crippen molar-refractivity contribution in [1.82, 2.24) is 10.6 Å². The molecule has 0 atom stereocenters. The second-order valence-corrected chi connectivity index (χ2v) is 6.92.